The second-order valence-corrected chi connectivity index (χ2v) is 4.38. The monoisotopic (exact) mass is 261 g/mol. The highest BCUT2D eigenvalue weighted by atomic mass is 16.5. The molecule has 0 bridgehead atoms. The van der Waals surface area contributed by atoms with E-state index in [1.54, 1.807) is 36.2 Å². The number of hydrogen-bond acceptors (Lipinski definition) is 4. The number of nitrogens with two attached hydrogens (primary N) is 1. The van der Waals surface area contributed by atoms with Crippen molar-refractivity contribution >= 4 is 11.6 Å². The van der Waals surface area contributed by atoms with E-state index in [-0.39, 0.29) is 18.4 Å². The summed E-state index contributed by atoms with van der Waals surface area (Å²) < 4.78 is 5.45. The third-order valence-electron chi connectivity index (χ3n) is 2.91. The molecule has 102 valence electrons. The van der Waals surface area contributed by atoms with Crippen LogP contribution in [0.5, 0.6) is 5.75 Å². The van der Waals surface area contributed by atoms with E-state index in [1.807, 2.05) is 6.92 Å². The van der Waals surface area contributed by atoms with E-state index < -0.39 is 0 Å². The molecular weight excluding hydrogens is 242 g/mol. The number of nitrogens with zero attached hydrogens (tertiary/aromatic N) is 2. The molecule has 5 nitrogen and oxygen atoms in total. The molecule has 0 radical (unpaired) electrons. The minimum absolute atomic E-state index is 0.0294. The molecule has 19 heavy (non-hydrogen) atoms. The van der Waals surface area contributed by atoms with Gasteiger partial charge in [-0.15, -0.1) is 0 Å². The molecule has 0 fully saturated rings. The van der Waals surface area contributed by atoms with Crippen LogP contribution in [0.25, 0.3) is 0 Å². The molecule has 1 unspecified atom stereocenters. The predicted octanol–water partition coefficient (Wildman–Crippen LogP) is 1.80. The molecule has 5 heteroatoms. The van der Waals surface area contributed by atoms with Crippen LogP contribution in [-0.2, 0) is 4.79 Å². The number of nitrogen functional groups attached to an aromatic ring is 1. The van der Waals surface area contributed by atoms with E-state index in [2.05, 4.69) is 6.07 Å². The lowest BCUT2D eigenvalue weighted by Gasteiger charge is -2.22. The van der Waals surface area contributed by atoms with Crippen LogP contribution in [0.4, 0.5) is 5.69 Å². The first-order valence-corrected chi connectivity index (χ1v) is 6.15. The van der Waals surface area contributed by atoms with Crippen molar-refractivity contribution in [2.24, 2.45) is 0 Å². The summed E-state index contributed by atoms with van der Waals surface area (Å²) in [4.78, 5) is 13.4. The maximum absolute atomic E-state index is 11.8. The second-order valence-electron chi connectivity index (χ2n) is 4.38. The Morgan fingerprint density at radius 2 is 2.11 bits per heavy atom. The van der Waals surface area contributed by atoms with Gasteiger partial charge in [-0.25, -0.2) is 0 Å². The van der Waals surface area contributed by atoms with Gasteiger partial charge >= 0.3 is 0 Å². The third-order valence-corrected chi connectivity index (χ3v) is 2.91. The Bertz CT molecular complexity index is 451. The van der Waals surface area contributed by atoms with Gasteiger partial charge in [0.1, 0.15) is 5.75 Å². The maximum atomic E-state index is 11.8. The average Bonchev–Trinajstić information content (AvgIpc) is 2.40. The number of benzene rings is 1. The van der Waals surface area contributed by atoms with Crippen LogP contribution in [-0.4, -0.2) is 30.5 Å². The van der Waals surface area contributed by atoms with E-state index in [0.29, 0.717) is 24.5 Å². The Hall–Kier alpha value is -2.22. The molecule has 1 aromatic rings. The Kier molecular flexibility index (Phi) is 5.68. The fourth-order valence-electron chi connectivity index (χ4n) is 1.51. The van der Waals surface area contributed by atoms with Gasteiger partial charge in [0.2, 0.25) is 5.91 Å². The summed E-state index contributed by atoms with van der Waals surface area (Å²) in [6.45, 7) is 2.16. The quantitative estimate of drug-likeness (QED) is 0.792. The number of amides is 1. The molecule has 1 atom stereocenters. The first-order chi connectivity index (χ1) is 9.04. The van der Waals surface area contributed by atoms with Gasteiger partial charge in [0.25, 0.3) is 0 Å². The van der Waals surface area contributed by atoms with Crippen molar-refractivity contribution < 1.29 is 9.53 Å². The molecule has 0 spiro atoms. The Balaban J connectivity index is 2.34. The summed E-state index contributed by atoms with van der Waals surface area (Å²) in [7, 11) is 1.70. The SMILES string of the molecule is CC(CC#N)N(C)C(=O)CCOc1ccc(N)cc1. The smallest absolute Gasteiger partial charge is 0.226 e. The fraction of sp³-hybridized carbons (Fsp3) is 0.429. The first-order valence-electron chi connectivity index (χ1n) is 6.15. The summed E-state index contributed by atoms with van der Waals surface area (Å²) in [6.07, 6.45) is 0.623. The zero-order chi connectivity index (χ0) is 14.3. The molecule has 0 aliphatic heterocycles. The van der Waals surface area contributed by atoms with Crippen molar-refractivity contribution in [2.75, 3.05) is 19.4 Å². The van der Waals surface area contributed by atoms with E-state index in [0.717, 1.165) is 0 Å². The molecule has 0 aromatic heterocycles. The van der Waals surface area contributed by atoms with Gasteiger partial charge < -0.3 is 15.4 Å². The number of hydrogen-bond donors (Lipinski definition) is 1. The summed E-state index contributed by atoms with van der Waals surface area (Å²) >= 11 is 0. The van der Waals surface area contributed by atoms with Gasteiger partial charge in [0.05, 0.1) is 25.5 Å². The largest absolute Gasteiger partial charge is 0.493 e. The first kappa shape index (κ1) is 14.8. The van der Waals surface area contributed by atoms with E-state index in [1.165, 1.54) is 0 Å². The number of ether oxygens (including phenoxy) is 1. The van der Waals surface area contributed by atoms with Gasteiger partial charge in [0, 0.05) is 18.8 Å². The molecule has 1 rings (SSSR count). The standard InChI is InChI=1S/C14H19N3O2/c1-11(7-9-15)17(2)14(18)8-10-19-13-5-3-12(16)4-6-13/h3-6,11H,7-8,10,16H2,1-2H3. The lowest BCUT2D eigenvalue weighted by Crippen LogP contribution is -2.35. The van der Waals surface area contributed by atoms with Crippen LogP contribution in [0.3, 0.4) is 0 Å². The van der Waals surface area contributed by atoms with Crippen LogP contribution in [0.15, 0.2) is 24.3 Å². The van der Waals surface area contributed by atoms with Crippen LogP contribution in [0.2, 0.25) is 0 Å². The summed E-state index contributed by atoms with van der Waals surface area (Å²) in [5.74, 6) is 0.660. The highest BCUT2D eigenvalue weighted by Crippen LogP contribution is 2.13. The molecule has 0 heterocycles. The molecule has 1 amide bonds. The molecule has 0 aliphatic carbocycles. The summed E-state index contributed by atoms with van der Waals surface area (Å²) in [6, 6.07) is 9.01. The van der Waals surface area contributed by atoms with Crippen LogP contribution in [0, 0.1) is 11.3 Å². The van der Waals surface area contributed by atoms with Gasteiger partial charge in [0.15, 0.2) is 0 Å². The summed E-state index contributed by atoms with van der Waals surface area (Å²) in [5.41, 5.74) is 6.24. The number of rotatable bonds is 6. The topological polar surface area (TPSA) is 79.3 Å². The fourth-order valence-corrected chi connectivity index (χ4v) is 1.51. The van der Waals surface area contributed by atoms with Crippen molar-refractivity contribution in [1.82, 2.24) is 4.90 Å². The van der Waals surface area contributed by atoms with Crippen molar-refractivity contribution in [2.45, 2.75) is 25.8 Å². The van der Waals surface area contributed by atoms with Crippen molar-refractivity contribution in [3.8, 4) is 11.8 Å². The average molecular weight is 261 g/mol. The normalized spacial score (nSPS) is 11.4. The predicted molar refractivity (Wildman–Crippen MR) is 73.4 cm³/mol. The highest BCUT2D eigenvalue weighted by molar-refractivity contribution is 5.76. The minimum Gasteiger partial charge on any atom is -0.493 e. The zero-order valence-electron chi connectivity index (χ0n) is 11.3. The van der Waals surface area contributed by atoms with Gasteiger partial charge in [-0.3, -0.25) is 4.79 Å². The Labute approximate surface area is 113 Å². The van der Waals surface area contributed by atoms with Gasteiger partial charge in [-0.1, -0.05) is 0 Å². The molecule has 0 saturated carbocycles. The van der Waals surface area contributed by atoms with Crippen LogP contribution in [0.1, 0.15) is 19.8 Å². The number of carbonyl (C=O) groups is 1. The van der Waals surface area contributed by atoms with E-state index in [9.17, 15) is 4.79 Å². The molecule has 0 saturated heterocycles. The van der Waals surface area contributed by atoms with Crippen molar-refractivity contribution in [3.63, 3.8) is 0 Å². The summed E-state index contributed by atoms with van der Waals surface area (Å²) in [5, 5.41) is 8.59. The highest BCUT2D eigenvalue weighted by Gasteiger charge is 2.15. The molecular formula is C14H19N3O2. The van der Waals surface area contributed by atoms with E-state index >= 15 is 0 Å². The number of nitriles is 1. The van der Waals surface area contributed by atoms with Gasteiger partial charge in [-0.05, 0) is 31.2 Å². The second kappa shape index (κ2) is 7.27. The van der Waals surface area contributed by atoms with Crippen molar-refractivity contribution in [3.05, 3.63) is 24.3 Å². The molecule has 0 aliphatic rings. The minimum atomic E-state index is -0.0750. The van der Waals surface area contributed by atoms with Crippen LogP contribution < -0.4 is 10.5 Å². The van der Waals surface area contributed by atoms with Crippen LogP contribution >= 0.6 is 0 Å². The number of carbonyl (C=O) groups excluding carboxylic acids is 1. The third kappa shape index (κ3) is 4.88. The van der Waals surface area contributed by atoms with Gasteiger partial charge in [-0.2, -0.15) is 5.26 Å². The zero-order valence-corrected chi connectivity index (χ0v) is 11.3. The Morgan fingerprint density at radius 3 is 2.68 bits per heavy atom. The molecule has 2 N–H and O–H groups in total. The lowest BCUT2D eigenvalue weighted by molar-refractivity contribution is -0.132. The van der Waals surface area contributed by atoms with Crippen molar-refractivity contribution in [1.29, 1.82) is 5.26 Å². The molecule has 1 aromatic carbocycles. The maximum Gasteiger partial charge on any atom is 0.226 e. The number of anilines is 1. The Morgan fingerprint density at radius 1 is 1.47 bits per heavy atom. The lowest BCUT2D eigenvalue weighted by atomic mass is 10.2. The van der Waals surface area contributed by atoms with E-state index in [4.69, 9.17) is 15.7 Å².